The Morgan fingerprint density at radius 3 is 1.70 bits per heavy atom. The summed E-state index contributed by atoms with van der Waals surface area (Å²) in [6.07, 6.45) is 11.6. The molecule has 1 aliphatic carbocycles. The van der Waals surface area contributed by atoms with Gasteiger partial charge < -0.3 is 19.6 Å². The van der Waals surface area contributed by atoms with Gasteiger partial charge in [-0.3, -0.25) is 0 Å². The molecule has 0 N–H and O–H groups in total. The maximum Gasteiger partial charge on any atom is 0.0398 e. The van der Waals surface area contributed by atoms with Gasteiger partial charge in [0.15, 0.2) is 0 Å². The zero-order chi connectivity index (χ0) is 28.7. The van der Waals surface area contributed by atoms with Gasteiger partial charge in [-0.1, -0.05) is 52.7 Å². The van der Waals surface area contributed by atoms with Gasteiger partial charge in [0.2, 0.25) is 0 Å². The molecule has 6 rings (SSSR count). The van der Waals surface area contributed by atoms with Gasteiger partial charge in [0.25, 0.3) is 0 Å². The second kappa shape index (κ2) is 14.9. The quantitative estimate of drug-likeness (QED) is 0.351. The number of piperidine rings is 2. The Bertz CT molecular complexity index is 863. The second-order valence-corrected chi connectivity index (χ2v) is 14.2. The van der Waals surface area contributed by atoms with E-state index in [9.17, 15) is 0 Å². The Hall–Kier alpha value is -1.10. The summed E-state index contributed by atoms with van der Waals surface area (Å²) in [5, 5.41) is 0. The van der Waals surface area contributed by atoms with Gasteiger partial charge in [0.1, 0.15) is 0 Å². The van der Waals surface area contributed by atoms with Crippen molar-refractivity contribution in [2.24, 2.45) is 29.1 Å². The van der Waals surface area contributed by atoms with Gasteiger partial charge in [-0.2, -0.15) is 0 Å². The zero-order valence-electron chi connectivity index (χ0n) is 27.6. The van der Waals surface area contributed by atoms with Crippen LogP contribution in [0, 0.1) is 42.9 Å². The molecule has 1 spiro atoms. The highest BCUT2D eigenvalue weighted by atomic mass is 15.2. The first kappa shape index (κ1) is 31.8. The molecule has 40 heavy (non-hydrogen) atoms. The third-order valence-electron chi connectivity index (χ3n) is 11.1. The van der Waals surface area contributed by atoms with Gasteiger partial charge >= 0.3 is 0 Å². The summed E-state index contributed by atoms with van der Waals surface area (Å²) in [5.41, 5.74) is 5.11. The minimum absolute atomic E-state index is 0.779. The fourth-order valence-electron chi connectivity index (χ4n) is 8.50. The Balaban J connectivity index is 0.000000177. The minimum Gasteiger partial charge on any atom is -0.371 e. The molecule has 0 bridgehead atoms. The first-order chi connectivity index (χ1) is 19.4. The maximum atomic E-state index is 2.74. The molecule has 4 saturated heterocycles. The highest BCUT2D eigenvalue weighted by Crippen LogP contribution is 2.51. The van der Waals surface area contributed by atoms with E-state index in [2.05, 4.69) is 72.5 Å². The molecule has 0 aromatic heterocycles. The van der Waals surface area contributed by atoms with E-state index in [1.54, 1.807) is 0 Å². The number of aryl methyl sites for hydroxylation is 1. The second-order valence-electron chi connectivity index (χ2n) is 14.2. The standard InChI is InChI=1S/C19H30N2.C15H28N2.C2H6/c1-4-17-8-10-20(11-9-17)12-18-13-21(14-18)19-7-5-6-15(2)16(19)3;1-3-13-4-6-17(7-5-13)10-14-8-15(9-14)11-16(2)12-15;1-2/h5-7,17-18H,4,8-14H2,1-3H3;13-14H,3-12H2,1-2H3;1-2H3. The van der Waals surface area contributed by atoms with Crippen LogP contribution < -0.4 is 4.90 Å². The molecule has 0 amide bonds. The van der Waals surface area contributed by atoms with Crippen molar-refractivity contribution in [3.8, 4) is 0 Å². The number of hydrogen-bond acceptors (Lipinski definition) is 4. The average molecular weight is 553 g/mol. The van der Waals surface area contributed by atoms with E-state index in [-0.39, 0.29) is 0 Å². The van der Waals surface area contributed by atoms with E-state index in [4.69, 9.17) is 0 Å². The molecule has 1 aromatic carbocycles. The van der Waals surface area contributed by atoms with Gasteiger partial charge in [0.05, 0.1) is 0 Å². The van der Waals surface area contributed by atoms with E-state index >= 15 is 0 Å². The Morgan fingerprint density at radius 2 is 1.23 bits per heavy atom. The zero-order valence-corrected chi connectivity index (χ0v) is 27.6. The first-order valence-corrected chi connectivity index (χ1v) is 17.3. The van der Waals surface area contributed by atoms with Crippen LogP contribution in [0.4, 0.5) is 5.69 Å². The Morgan fingerprint density at radius 1 is 0.725 bits per heavy atom. The van der Waals surface area contributed by atoms with Crippen molar-refractivity contribution < 1.29 is 0 Å². The van der Waals surface area contributed by atoms with Crippen LogP contribution in [-0.4, -0.2) is 87.2 Å². The highest BCUT2D eigenvalue weighted by Gasteiger charge is 2.51. The summed E-state index contributed by atoms with van der Waals surface area (Å²) in [4.78, 5) is 10.5. The van der Waals surface area contributed by atoms with E-state index in [0.29, 0.717) is 0 Å². The van der Waals surface area contributed by atoms with E-state index in [1.807, 2.05) is 13.8 Å². The maximum absolute atomic E-state index is 2.74. The molecule has 0 atom stereocenters. The number of hydrogen-bond donors (Lipinski definition) is 0. The molecule has 1 aromatic rings. The summed E-state index contributed by atoms with van der Waals surface area (Å²) in [5.74, 6) is 3.93. The van der Waals surface area contributed by atoms with Crippen LogP contribution in [0.25, 0.3) is 0 Å². The van der Waals surface area contributed by atoms with Crippen molar-refractivity contribution >= 4 is 5.69 Å². The third kappa shape index (κ3) is 8.04. The number of likely N-dealkylation sites (tertiary alicyclic amines) is 3. The van der Waals surface area contributed by atoms with Gasteiger partial charge in [0, 0.05) is 50.9 Å². The minimum atomic E-state index is 0.779. The van der Waals surface area contributed by atoms with Crippen molar-refractivity contribution in [1.82, 2.24) is 14.7 Å². The van der Waals surface area contributed by atoms with E-state index in [1.165, 1.54) is 134 Å². The third-order valence-corrected chi connectivity index (χ3v) is 11.1. The molecule has 228 valence electrons. The molecule has 1 saturated carbocycles. The van der Waals surface area contributed by atoms with Crippen molar-refractivity contribution in [3.05, 3.63) is 29.3 Å². The van der Waals surface area contributed by atoms with Crippen LogP contribution in [0.2, 0.25) is 0 Å². The molecule has 4 heterocycles. The lowest BCUT2D eigenvalue weighted by Gasteiger charge is -2.59. The molecule has 0 radical (unpaired) electrons. The predicted octanol–water partition coefficient (Wildman–Crippen LogP) is 7.34. The Labute approximate surface area is 248 Å². The van der Waals surface area contributed by atoms with Crippen LogP contribution >= 0.6 is 0 Å². The lowest BCUT2D eigenvalue weighted by Crippen LogP contribution is -2.62. The van der Waals surface area contributed by atoms with Crippen molar-refractivity contribution in [2.45, 2.75) is 92.9 Å². The van der Waals surface area contributed by atoms with Crippen LogP contribution in [-0.2, 0) is 0 Å². The van der Waals surface area contributed by atoms with Crippen molar-refractivity contribution in [1.29, 1.82) is 0 Å². The Kier molecular flexibility index (Phi) is 11.8. The smallest absolute Gasteiger partial charge is 0.0398 e. The SMILES string of the molecule is CC.CCC1CCN(CC2CC3(C2)CN(C)C3)CC1.CCC1CCN(CC2CN(c3cccc(C)c3C)C2)CC1. The molecule has 5 aliphatic rings. The van der Waals surface area contributed by atoms with E-state index < -0.39 is 0 Å². The first-order valence-electron chi connectivity index (χ1n) is 17.3. The van der Waals surface area contributed by atoms with Crippen LogP contribution in [0.1, 0.15) is 90.2 Å². The van der Waals surface area contributed by atoms with Crippen molar-refractivity contribution in [2.75, 3.05) is 77.4 Å². The molecule has 4 nitrogen and oxygen atoms in total. The summed E-state index contributed by atoms with van der Waals surface area (Å²) < 4.78 is 0. The van der Waals surface area contributed by atoms with Gasteiger partial charge in [-0.25, -0.2) is 0 Å². The molecule has 5 fully saturated rings. The lowest BCUT2D eigenvalue weighted by molar-refractivity contribution is -0.0901. The molecular formula is C36H64N4. The number of rotatable bonds is 7. The molecule has 4 aliphatic heterocycles. The highest BCUT2D eigenvalue weighted by molar-refractivity contribution is 5.57. The van der Waals surface area contributed by atoms with E-state index in [0.717, 1.165) is 29.1 Å². The monoisotopic (exact) mass is 553 g/mol. The fourth-order valence-corrected chi connectivity index (χ4v) is 8.50. The molecular weight excluding hydrogens is 488 g/mol. The average Bonchev–Trinajstić information content (AvgIpc) is 2.92. The van der Waals surface area contributed by atoms with Gasteiger partial charge in [-0.05, 0) is 126 Å². The van der Waals surface area contributed by atoms with Crippen LogP contribution in [0.15, 0.2) is 18.2 Å². The summed E-state index contributed by atoms with van der Waals surface area (Å²) in [6, 6.07) is 6.69. The van der Waals surface area contributed by atoms with Crippen LogP contribution in [0.5, 0.6) is 0 Å². The number of nitrogens with zero attached hydrogens (tertiary/aromatic N) is 4. The predicted molar refractivity (Wildman–Crippen MR) is 175 cm³/mol. The van der Waals surface area contributed by atoms with Crippen LogP contribution in [0.3, 0.4) is 0 Å². The summed E-state index contributed by atoms with van der Waals surface area (Å²) in [6.45, 7) is 26.6. The summed E-state index contributed by atoms with van der Waals surface area (Å²) in [7, 11) is 2.26. The largest absolute Gasteiger partial charge is 0.371 e. The summed E-state index contributed by atoms with van der Waals surface area (Å²) >= 11 is 0. The normalized spacial score (nSPS) is 24.8. The topological polar surface area (TPSA) is 13.0 Å². The number of anilines is 1. The lowest BCUT2D eigenvalue weighted by atomic mass is 9.58. The molecule has 0 unspecified atom stereocenters. The van der Waals surface area contributed by atoms with Gasteiger partial charge in [-0.15, -0.1) is 0 Å². The fraction of sp³-hybridized carbons (Fsp3) is 0.833. The van der Waals surface area contributed by atoms with Crippen molar-refractivity contribution in [3.63, 3.8) is 0 Å². The number of benzene rings is 1. The molecule has 4 heteroatoms.